The Morgan fingerprint density at radius 2 is 2.08 bits per heavy atom. The lowest BCUT2D eigenvalue weighted by Gasteiger charge is -2.19. The molecule has 8 heteroatoms. The number of carbonyl (C=O) groups excluding carboxylic acids is 1. The Morgan fingerprint density at radius 3 is 2.83 bits per heavy atom. The summed E-state index contributed by atoms with van der Waals surface area (Å²) in [5.41, 5.74) is 1.15. The summed E-state index contributed by atoms with van der Waals surface area (Å²) in [6.07, 6.45) is -0.767. The first-order valence-electron chi connectivity index (χ1n) is 7.21. The van der Waals surface area contributed by atoms with Crippen LogP contribution in [0.15, 0.2) is 30.6 Å². The molecule has 0 saturated carbocycles. The van der Waals surface area contributed by atoms with Gasteiger partial charge < -0.3 is 10.6 Å². The number of benzene rings is 1. The lowest BCUT2D eigenvalue weighted by Crippen LogP contribution is -2.27. The molecule has 126 valence electrons. The van der Waals surface area contributed by atoms with Gasteiger partial charge in [0.05, 0.1) is 21.8 Å². The van der Waals surface area contributed by atoms with Crippen molar-refractivity contribution in [3.05, 3.63) is 57.9 Å². The van der Waals surface area contributed by atoms with Gasteiger partial charge in [0.2, 0.25) is 0 Å². The number of amides is 1. The zero-order chi connectivity index (χ0) is 17.3. The smallest absolute Gasteiger partial charge is 0.321 e. The fourth-order valence-corrected chi connectivity index (χ4v) is 2.76. The second-order valence-corrected chi connectivity index (χ2v) is 5.81. The first-order valence-corrected chi connectivity index (χ1v) is 7.58. The molecule has 1 aliphatic heterocycles. The van der Waals surface area contributed by atoms with Crippen LogP contribution in [0.3, 0.4) is 0 Å². The fourth-order valence-electron chi connectivity index (χ4n) is 2.60. The van der Waals surface area contributed by atoms with Gasteiger partial charge in [-0.1, -0.05) is 11.6 Å². The molecule has 1 aromatic heterocycles. The number of alkyl halides is 3. The van der Waals surface area contributed by atoms with E-state index in [1.807, 2.05) is 0 Å². The second kappa shape index (κ2) is 6.41. The Hall–Kier alpha value is -2.12. The van der Waals surface area contributed by atoms with Crippen molar-refractivity contribution in [2.45, 2.75) is 19.1 Å². The number of anilines is 1. The molecule has 0 fully saturated rings. The summed E-state index contributed by atoms with van der Waals surface area (Å²) in [5, 5.41) is 5.67. The average Bonchev–Trinajstić information content (AvgIpc) is 2.55. The van der Waals surface area contributed by atoms with Gasteiger partial charge in [0.25, 0.3) is 5.91 Å². The molecule has 2 N–H and O–H groups in total. The van der Waals surface area contributed by atoms with Gasteiger partial charge in [0.1, 0.15) is 0 Å². The van der Waals surface area contributed by atoms with Gasteiger partial charge in [-0.15, -0.1) is 0 Å². The standard InChI is InChI=1S/C16H13ClF3N3O/c17-13-2-1-10(16(18,19)20)5-14(13)23-15(24)12-8-22-7-9-6-21-4-3-11(9)12/h1-2,5,7-8,21H,3-4,6H2,(H,23,24). The van der Waals surface area contributed by atoms with E-state index in [2.05, 4.69) is 15.6 Å². The number of carbonyl (C=O) groups is 1. The summed E-state index contributed by atoms with van der Waals surface area (Å²) in [5.74, 6) is -0.525. The Kier molecular flexibility index (Phi) is 4.47. The van der Waals surface area contributed by atoms with Gasteiger partial charge in [0.15, 0.2) is 0 Å². The van der Waals surface area contributed by atoms with Crippen LogP contribution in [0.2, 0.25) is 5.02 Å². The Bertz CT molecular complexity index is 793. The van der Waals surface area contributed by atoms with E-state index in [1.54, 1.807) is 6.20 Å². The molecule has 1 aliphatic rings. The average molecular weight is 356 g/mol. The highest BCUT2D eigenvalue weighted by molar-refractivity contribution is 6.34. The molecular weight excluding hydrogens is 343 g/mol. The van der Waals surface area contributed by atoms with E-state index in [-0.39, 0.29) is 10.7 Å². The topological polar surface area (TPSA) is 54.0 Å². The third-order valence-corrected chi connectivity index (χ3v) is 4.13. The largest absolute Gasteiger partial charge is 0.416 e. The molecule has 1 aromatic carbocycles. The van der Waals surface area contributed by atoms with Gasteiger partial charge in [-0.05, 0) is 42.3 Å². The molecule has 0 saturated heterocycles. The van der Waals surface area contributed by atoms with Crippen LogP contribution in [-0.4, -0.2) is 17.4 Å². The normalized spacial score (nSPS) is 14.2. The molecule has 0 bridgehead atoms. The summed E-state index contributed by atoms with van der Waals surface area (Å²) in [6, 6.07) is 2.81. The number of pyridine rings is 1. The number of nitrogens with zero attached hydrogens (tertiary/aromatic N) is 1. The minimum absolute atomic E-state index is 0.0378. The Labute approximate surface area is 141 Å². The minimum atomic E-state index is -4.51. The molecular formula is C16H13ClF3N3O. The molecule has 2 heterocycles. The second-order valence-electron chi connectivity index (χ2n) is 5.40. The predicted molar refractivity (Wildman–Crippen MR) is 84.1 cm³/mol. The zero-order valence-electron chi connectivity index (χ0n) is 12.4. The Balaban J connectivity index is 1.91. The van der Waals surface area contributed by atoms with E-state index in [9.17, 15) is 18.0 Å². The van der Waals surface area contributed by atoms with Crippen LogP contribution < -0.4 is 10.6 Å². The third kappa shape index (κ3) is 3.37. The number of fused-ring (bicyclic) bond motifs is 1. The van der Waals surface area contributed by atoms with Crippen molar-refractivity contribution in [2.75, 3.05) is 11.9 Å². The maximum Gasteiger partial charge on any atom is 0.416 e. The number of hydrogen-bond acceptors (Lipinski definition) is 3. The van der Waals surface area contributed by atoms with Crippen molar-refractivity contribution in [3.63, 3.8) is 0 Å². The summed E-state index contributed by atoms with van der Waals surface area (Å²) >= 11 is 5.91. The van der Waals surface area contributed by atoms with Gasteiger partial charge in [-0.25, -0.2) is 0 Å². The van der Waals surface area contributed by atoms with Crippen molar-refractivity contribution >= 4 is 23.2 Å². The summed E-state index contributed by atoms with van der Waals surface area (Å²) in [6.45, 7) is 1.33. The molecule has 3 rings (SSSR count). The number of aromatic nitrogens is 1. The molecule has 1 amide bonds. The minimum Gasteiger partial charge on any atom is -0.321 e. The number of halogens is 4. The monoisotopic (exact) mass is 355 g/mol. The highest BCUT2D eigenvalue weighted by Crippen LogP contribution is 2.34. The Morgan fingerprint density at radius 1 is 1.29 bits per heavy atom. The zero-order valence-corrected chi connectivity index (χ0v) is 13.1. The molecule has 4 nitrogen and oxygen atoms in total. The van der Waals surface area contributed by atoms with Gasteiger partial charge in [-0.3, -0.25) is 9.78 Å². The van der Waals surface area contributed by atoms with Crippen molar-refractivity contribution < 1.29 is 18.0 Å². The van der Waals surface area contributed by atoms with E-state index in [1.165, 1.54) is 6.20 Å². The van der Waals surface area contributed by atoms with E-state index in [4.69, 9.17) is 11.6 Å². The lowest BCUT2D eigenvalue weighted by molar-refractivity contribution is -0.137. The van der Waals surface area contributed by atoms with Crippen molar-refractivity contribution in [1.82, 2.24) is 10.3 Å². The highest BCUT2D eigenvalue weighted by Gasteiger charge is 2.31. The van der Waals surface area contributed by atoms with Crippen molar-refractivity contribution in [1.29, 1.82) is 0 Å². The molecule has 0 unspecified atom stereocenters. The molecule has 0 atom stereocenters. The van der Waals surface area contributed by atoms with Crippen molar-refractivity contribution in [3.8, 4) is 0 Å². The van der Waals surface area contributed by atoms with Crippen LogP contribution in [0.1, 0.15) is 27.0 Å². The van der Waals surface area contributed by atoms with Gasteiger partial charge in [0, 0.05) is 18.9 Å². The van der Waals surface area contributed by atoms with Crippen LogP contribution in [-0.2, 0) is 19.1 Å². The number of nitrogens with one attached hydrogen (secondary N) is 2. The van der Waals surface area contributed by atoms with Crippen LogP contribution in [0.4, 0.5) is 18.9 Å². The van der Waals surface area contributed by atoms with E-state index >= 15 is 0 Å². The van der Waals surface area contributed by atoms with E-state index in [0.717, 1.165) is 35.9 Å². The van der Waals surface area contributed by atoms with Crippen LogP contribution in [0.25, 0.3) is 0 Å². The molecule has 0 radical (unpaired) electrons. The number of rotatable bonds is 2. The third-order valence-electron chi connectivity index (χ3n) is 3.80. The van der Waals surface area contributed by atoms with Crippen LogP contribution in [0.5, 0.6) is 0 Å². The molecule has 2 aromatic rings. The van der Waals surface area contributed by atoms with E-state index < -0.39 is 17.6 Å². The SMILES string of the molecule is O=C(Nc1cc(C(F)(F)F)ccc1Cl)c1cncc2c1CCNC2. The van der Waals surface area contributed by atoms with E-state index in [0.29, 0.717) is 18.5 Å². The lowest BCUT2D eigenvalue weighted by atomic mass is 9.98. The quantitative estimate of drug-likeness (QED) is 0.864. The molecule has 0 aliphatic carbocycles. The van der Waals surface area contributed by atoms with Crippen LogP contribution in [0, 0.1) is 0 Å². The molecule has 24 heavy (non-hydrogen) atoms. The highest BCUT2D eigenvalue weighted by atomic mass is 35.5. The summed E-state index contributed by atoms with van der Waals surface area (Å²) < 4.78 is 38.4. The summed E-state index contributed by atoms with van der Waals surface area (Å²) in [4.78, 5) is 16.5. The van der Waals surface area contributed by atoms with Gasteiger partial charge in [-0.2, -0.15) is 13.2 Å². The van der Waals surface area contributed by atoms with Crippen LogP contribution >= 0.6 is 11.6 Å². The van der Waals surface area contributed by atoms with Crippen molar-refractivity contribution in [2.24, 2.45) is 0 Å². The maximum atomic E-state index is 12.8. The predicted octanol–water partition coefficient (Wildman–Crippen LogP) is 3.65. The first kappa shape index (κ1) is 16.7. The molecule has 0 spiro atoms. The first-order chi connectivity index (χ1) is 11.4. The number of hydrogen-bond donors (Lipinski definition) is 2. The fraction of sp³-hybridized carbons (Fsp3) is 0.250. The maximum absolute atomic E-state index is 12.8. The summed E-state index contributed by atoms with van der Waals surface area (Å²) in [7, 11) is 0. The van der Waals surface area contributed by atoms with Gasteiger partial charge >= 0.3 is 6.18 Å².